The maximum absolute atomic E-state index is 12.4. The highest BCUT2D eigenvalue weighted by molar-refractivity contribution is 5.79. The van der Waals surface area contributed by atoms with E-state index in [9.17, 15) is 14.7 Å². The summed E-state index contributed by atoms with van der Waals surface area (Å²) < 4.78 is 5.40. The second-order valence-corrected chi connectivity index (χ2v) is 6.26. The number of hydrogen-bond acceptors (Lipinski definition) is 4. The van der Waals surface area contributed by atoms with Crippen molar-refractivity contribution in [1.82, 2.24) is 10.2 Å². The molecule has 2 aliphatic rings. The number of aliphatic hydroxyl groups excluding tert-OH is 1. The van der Waals surface area contributed by atoms with Crippen LogP contribution in [-0.4, -0.2) is 65.1 Å². The van der Waals surface area contributed by atoms with Crippen molar-refractivity contribution in [2.45, 2.75) is 51.3 Å². The van der Waals surface area contributed by atoms with Gasteiger partial charge in [-0.05, 0) is 26.7 Å². The van der Waals surface area contributed by atoms with Crippen molar-refractivity contribution in [2.75, 3.05) is 19.8 Å². The number of carboxylic acids is 1. The number of nitrogens with zero attached hydrogens (tertiary/aromatic N) is 1. The van der Waals surface area contributed by atoms with Gasteiger partial charge in [0.1, 0.15) is 0 Å². The normalized spacial score (nSPS) is 36.5. The fourth-order valence-electron chi connectivity index (χ4n) is 3.10. The maximum Gasteiger partial charge on any atom is 0.318 e. The van der Waals surface area contributed by atoms with Crippen LogP contribution in [0.4, 0.5) is 4.79 Å². The molecule has 0 bridgehead atoms. The van der Waals surface area contributed by atoms with Crippen molar-refractivity contribution in [3.63, 3.8) is 0 Å². The molecule has 4 unspecified atom stereocenters. The maximum atomic E-state index is 12.4. The molecule has 120 valence electrons. The zero-order valence-electron chi connectivity index (χ0n) is 12.5. The molecular formula is C14H24N2O5. The van der Waals surface area contributed by atoms with Gasteiger partial charge in [0.2, 0.25) is 0 Å². The number of ether oxygens (including phenoxy) is 1. The zero-order valence-corrected chi connectivity index (χ0v) is 12.5. The summed E-state index contributed by atoms with van der Waals surface area (Å²) in [5, 5.41) is 21.4. The number of hydrogen-bond donors (Lipinski definition) is 3. The molecule has 3 N–H and O–H groups in total. The van der Waals surface area contributed by atoms with Gasteiger partial charge in [-0.15, -0.1) is 0 Å². The minimum atomic E-state index is -0.901. The van der Waals surface area contributed by atoms with Gasteiger partial charge >= 0.3 is 12.0 Å². The van der Waals surface area contributed by atoms with Crippen molar-refractivity contribution in [3.8, 4) is 0 Å². The first-order chi connectivity index (χ1) is 9.88. The predicted molar refractivity (Wildman–Crippen MR) is 74.9 cm³/mol. The topological polar surface area (TPSA) is 99.1 Å². The van der Waals surface area contributed by atoms with Crippen LogP contribution in [0.2, 0.25) is 0 Å². The lowest BCUT2D eigenvalue weighted by Crippen LogP contribution is -2.58. The molecule has 0 aromatic carbocycles. The number of carbonyl (C=O) groups excluding carboxylic acids is 1. The van der Waals surface area contributed by atoms with E-state index in [-0.39, 0.29) is 30.8 Å². The highest BCUT2D eigenvalue weighted by Crippen LogP contribution is 2.38. The summed E-state index contributed by atoms with van der Waals surface area (Å²) in [6.07, 6.45) is 1.68. The average molecular weight is 300 g/mol. The minimum Gasteiger partial charge on any atom is -0.481 e. The zero-order chi connectivity index (χ0) is 15.6. The van der Waals surface area contributed by atoms with Gasteiger partial charge in [-0.25, -0.2) is 4.79 Å². The monoisotopic (exact) mass is 300 g/mol. The number of aliphatic carboxylic acids is 1. The number of amides is 2. The lowest BCUT2D eigenvalue weighted by atomic mass is 9.85. The SMILES string of the molecule is CC1COC(CO)CN1C(=O)NC1CCCC1(C)C(=O)O. The standard InChI is InChI=1S/C14H24N2O5/c1-9-8-21-10(7-17)6-16(9)13(20)15-11-4-3-5-14(11,2)12(18)19/h9-11,17H,3-8H2,1-2H3,(H,15,20)(H,18,19). The average Bonchev–Trinajstić information content (AvgIpc) is 2.82. The van der Waals surface area contributed by atoms with Gasteiger partial charge < -0.3 is 25.2 Å². The van der Waals surface area contributed by atoms with E-state index in [0.717, 1.165) is 6.42 Å². The van der Waals surface area contributed by atoms with Gasteiger partial charge in [-0.3, -0.25) is 4.79 Å². The van der Waals surface area contributed by atoms with E-state index in [1.54, 1.807) is 11.8 Å². The molecule has 7 nitrogen and oxygen atoms in total. The third kappa shape index (κ3) is 3.13. The first-order valence-electron chi connectivity index (χ1n) is 7.41. The molecule has 4 atom stereocenters. The van der Waals surface area contributed by atoms with Crippen LogP contribution < -0.4 is 5.32 Å². The second-order valence-electron chi connectivity index (χ2n) is 6.26. The number of carboxylic acid groups (broad SMARTS) is 1. The van der Waals surface area contributed by atoms with Gasteiger partial charge in [0, 0.05) is 6.04 Å². The predicted octanol–water partition coefficient (Wildman–Crippen LogP) is 0.421. The molecule has 2 rings (SSSR count). The van der Waals surface area contributed by atoms with Crippen LogP contribution in [0.15, 0.2) is 0 Å². The van der Waals surface area contributed by atoms with Crippen LogP contribution in [0.3, 0.4) is 0 Å². The van der Waals surface area contributed by atoms with Gasteiger partial charge in [0.05, 0.1) is 37.3 Å². The number of nitrogens with one attached hydrogen (secondary N) is 1. The largest absolute Gasteiger partial charge is 0.481 e. The molecule has 1 heterocycles. The molecular weight excluding hydrogens is 276 g/mol. The van der Waals surface area contributed by atoms with Crippen LogP contribution >= 0.6 is 0 Å². The van der Waals surface area contributed by atoms with Crippen LogP contribution in [-0.2, 0) is 9.53 Å². The van der Waals surface area contributed by atoms with E-state index in [1.165, 1.54) is 0 Å². The Morgan fingerprint density at radius 2 is 2.19 bits per heavy atom. The summed E-state index contributed by atoms with van der Waals surface area (Å²) in [7, 11) is 0. The number of urea groups is 1. The first-order valence-corrected chi connectivity index (χ1v) is 7.41. The van der Waals surface area contributed by atoms with Gasteiger partial charge in [-0.2, -0.15) is 0 Å². The Kier molecular flexibility index (Phi) is 4.73. The Bertz CT molecular complexity index is 416. The van der Waals surface area contributed by atoms with Crippen LogP contribution in [0, 0.1) is 5.41 Å². The van der Waals surface area contributed by atoms with Gasteiger partial charge in [0.25, 0.3) is 0 Å². The first kappa shape index (κ1) is 16.0. The van der Waals surface area contributed by atoms with E-state index in [4.69, 9.17) is 9.84 Å². The summed E-state index contributed by atoms with van der Waals surface area (Å²) in [6.45, 7) is 4.12. The molecule has 1 aliphatic heterocycles. The molecule has 0 radical (unpaired) electrons. The molecule has 0 spiro atoms. The molecule has 2 fully saturated rings. The number of carbonyl (C=O) groups is 2. The van der Waals surface area contributed by atoms with Crippen LogP contribution in [0.5, 0.6) is 0 Å². The molecule has 1 saturated carbocycles. The van der Waals surface area contributed by atoms with Crippen LogP contribution in [0.1, 0.15) is 33.1 Å². The Morgan fingerprint density at radius 3 is 2.81 bits per heavy atom. The highest BCUT2D eigenvalue weighted by atomic mass is 16.5. The summed E-state index contributed by atoms with van der Waals surface area (Å²) >= 11 is 0. The molecule has 0 aromatic rings. The van der Waals surface area contributed by atoms with E-state index in [0.29, 0.717) is 26.0 Å². The summed E-state index contributed by atoms with van der Waals surface area (Å²) in [5.74, 6) is -0.867. The van der Waals surface area contributed by atoms with E-state index in [2.05, 4.69) is 5.32 Å². The molecule has 1 aliphatic carbocycles. The van der Waals surface area contributed by atoms with E-state index >= 15 is 0 Å². The fraction of sp³-hybridized carbons (Fsp3) is 0.857. The fourth-order valence-corrected chi connectivity index (χ4v) is 3.10. The number of morpholine rings is 1. The molecule has 0 aromatic heterocycles. The molecule has 2 amide bonds. The van der Waals surface area contributed by atoms with E-state index < -0.39 is 11.4 Å². The molecule has 1 saturated heterocycles. The molecule has 21 heavy (non-hydrogen) atoms. The van der Waals surface area contributed by atoms with Crippen molar-refractivity contribution in [3.05, 3.63) is 0 Å². The summed E-state index contributed by atoms with van der Waals surface area (Å²) in [5.41, 5.74) is -0.901. The Hall–Kier alpha value is -1.34. The van der Waals surface area contributed by atoms with Crippen molar-refractivity contribution >= 4 is 12.0 Å². The number of rotatable bonds is 3. The molecule has 7 heteroatoms. The third-order valence-corrected chi connectivity index (χ3v) is 4.71. The summed E-state index contributed by atoms with van der Waals surface area (Å²) in [4.78, 5) is 25.5. The Balaban J connectivity index is 2.01. The quantitative estimate of drug-likeness (QED) is 0.701. The van der Waals surface area contributed by atoms with Gasteiger partial charge in [0.15, 0.2) is 0 Å². The highest BCUT2D eigenvalue weighted by Gasteiger charge is 2.46. The van der Waals surface area contributed by atoms with Crippen LogP contribution in [0.25, 0.3) is 0 Å². The lowest BCUT2D eigenvalue weighted by Gasteiger charge is -2.39. The minimum absolute atomic E-state index is 0.0923. The smallest absolute Gasteiger partial charge is 0.318 e. The van der Waals surface area contributed by atoms with Gasteiger partial charge in [-0.1, -0.05) is 6.42 Å². The van der Waals surface area contributed by atoms with Crippen molar-refractivity contribution < 1.29 is 24.5 Å². The summed E-state index contributed by atoms with van der Waals surface area (Å²) in [6, 6.07) is -0.723. The Morgan fingerprint density at radius 1 is 1.48 bits per heavy atom. The Labute approximate surface area is 124 Å². The lowest BCUT2D eigenvalue weighted by molar-refractivity contribution is -0.148. The van der Waals surface area contributed by atoms with Crippen molar-refractivity contribution in [2.24, 2.45) is 5.41 Å². The second kappa shape index (κ2) is 6.19. The van der Waals surface area contributed by atoms with E-state index in [1.807, 2.05) is 6.92 Å². The number of aliphatic hydroxyl groups is 1. The van der Waals surface area contributed by atoms with Crippen molar-refractivity contribution in [1.29, 1.82) is 0 Å². The third-order valence-electron chi connectivity index (χ3n) is 4.71.